The maximum absolute atomic E-state index is 14.0. The molecule has 0 N–H and O–H groups in total. The third-order valence-corrected chi connectivity index (χ3v) is 5.03. The summed E-state index contributed by atoms with van der Waals surface area (Å²) in [5, 5.41) is 0. The summed E-state index contributed by atoms with van der Waals surface area (Å²) in [4.78, 5) is 25.0. The van der Waals surface area contributed by atoms with E-state index in [0.29, 0.717) is 6.42 Å². The normalized spacial score (nSPS) is 11.8. The highest BCUT2D eigenvalue weighted by Gasteiger charge is 2.31. The maximum atomic E-state index is 14.0. The molecule has 0 radical (unpaired) electrons. The average Bonchev–Trinajstić information content (AvgIpc) is 2.80. The summed E-state index contributed by atoms with van der Waals surface area (Å²) >= 11 is 0. The molecule has 0 saturated heterocycles. The second kappa shape index (κ2) is 12.3. The Morgan fingerprint density at radius 2 is 1.24 bits per heavy atom. The minimum absolute atomic E-state index is 0.141. The van der Waals surface area contributed by atoms with E-state index in [1.165, 1.54) is 24.3 Å². The lowest BCUT2D eigenvalue weighted by Crippen LogP contribution is -2.18. The van der Waals surface area contributed by atoms with Gasteiger partial charge in [-0.3, -0.25) is 0 Å². The molecule has 33 heavy (non-hydrogen) atoms. The molecule has 0 aliphatic rings. The molecule has 1 unspecified atom stereocenters. The number of ether oxygens (including phenoxy) is 2. The summed E-state index contributed by atoms with van der Waals surface area (Å²) in [5.74, 6) is -12.8. The zero-order valence-electron chi connectivity index (χ0n) is 18.4. The number of halogens is 5. The Balaban J connectivity index is 2.09. The Labute approximate surface area is 188 Å². The number of unbranched alkanes of at least 4 members (excludes halogenated alkanes) is 5. The molecule has 0 saturated carbocycles. The Bertz CT molecular complexity index is 964. The molecule has 0 aromatic heterocycles. The fourth-order valence-corrected chi connectivity index (χ4v) is 3.23. The van der Waals surface area contributed by atoms with Crippen molar-refractivity contribution in [3.8, 4) is 0 Å². The van der Waals surface area contributed by atoms with Crippen LogP contribution in [-0.4, -0.2) is 18.5 Å². The Morgan fingerprint density at radius 1 is 0.758 bits per heavy atom. The monoisotopic (exact) mass is 472 g/mol. The molecule has 180 valence electrons. The number of benzene rings is 2. The molecule has 2 aromatic rings. The zero-order chi connectivity index (χ0) is 24.5. The van der Waals surface area contributed by atoms with Crippen LogP contribution in [0.5, 0.6) is 0 Å². The number of carbonyl (C=O) groups excluding carboxylic acids is 2. The third-order valence-electron chi connectivity index (χ3n) is 5.03. The first-order chi connectivity index (χ1) is 15.7. The highest BCUT2D eigenvalue weighted by molar-refractivity contribution is 6.03. The minimum Gasteiger partial charge on any atom is -0.462 e. The van der Waals surface area contributed by atoms with Crippen LogP contribution >= 0.6 is 0 Å². The van der Waals surface area contributed by atoms with Crippen LogP contribution in [-0.2, 0) is 9.47 Å². The highest BCUT2D eigenvalue weighted by Crippen LogP contribution is 2.30. The first-order valence-electron chi connectivity index (χ1n) is 10.7. The van der Waals surface area contributed by atoms with Crippen molar-refractivity contribution in [2.45, 2.75) is 58.5 Å². The van der Waals surface area contributed by atoms with Crippen molar-refractivity contribution in [1.82, 2.24) is 0 Å². The van der Waals surface area contributed by atoms with E-state index in [1.54, 1.807) is 0 Å². The van der Waals surface area contributed by atoms with Crippen LogP contribution in [0.2, 0.25) is 0 Å². The van der Waals surface area contributed by atoms with Gasteiger partial charge in [0.1, 0.15) is 6.10 Å². The van der Waals surface area contributed by atoms with Crippen LogP contribution in [0.4, 0.5) is 22.0 Å². The van der Waals surface area contributed by atoms with E-state index in [1.807, 2.05) is 0 Å². The first-order valence-corrected chi connectivity index (χ1v) is 10.7. The molecule has 2 rings (SSSR count). The van der Waals surface area contributed by atoms with Gasteiger partial charge in [0, 0.05) is 0 Å². The molecule has 9 heteroatoms. The number of carbonyl (C=O) groups is 2. The zero-order valence-corrected chi connectivity index (χ0v) is 18.4. The topological polar surface area (TPSA) is 52.6 Å². The van der Waals surface area contributed by atoms with Gasteiger partial charge in [-0.1, -0.05) is 51.2 Å². The van der Waals surface area contributed by atoms with Gasteiger partial charge in [-0.05, 0) is 25.5 Å². The molecule has 4 nitrogen and oxygen atoms in total. The van der Waals surface area contributed by atoms with Gasteiger partial charge in [-0.2, -0.15) is 0 Å². The summed E-state index contributed by atoms with van der Waals surface area (Å²) in [5.41, 5.74) is -1.69. The lowest BCUT2D eigenvalue weighted by Gasteiger charge is -2.17. The predicted octanol–water partition coefficient (Wildman–Crippen LogP) is 6.82. The smallest absolute Gasteiger partial charge is 0.339 e. The molecule has 0 amide bonds. The van der Waals surface area contributed by atoms with Crippen LogP contribution in [0.15, 0.2) is 24.3 Å². The lowest BCUT2D eigenvalue weighted by molar-refractivity contribution is 0.0307. The van der Waals surface area contributed by atoms with Gasteiger partial charge in [-0.25, -0.2) is 31.5 Å². The van der Waals surface area contributed by atoms with E-state index in [-0.39, 0.29) is 17.7 Å². The van der Waals surface area contributed by atoms with Gasteiger partial charge in [0.15, 0.2) is 23.3 Å². The van der Waals surface area contributed by atoms with Gasteiger partial charge in [0.25, 0.3) is 0 Å². The Kier molecular flexibility index (Phi) is 9.81. The Hall–Kier alpha value is -2.97. The third kappa shape index (κ3) is 6.52. The number of rotatable bonds is 11. The van der Waals surface area contributed by atoms with Crippen molar-refractivity contribution in [2.24, 2.45) is 0 Å². The van der Waals surface area contributed by atoms with Crippen molar-refractivity contribution in [3.05, 3.63) is 70.0 Å². The van der Waals surface area contributed by atoms with E-state index >= 15 is 0 Å². The lowest BCUT2D eigenvalue weighted by atomic mass is 10.1. The van der Waals surface area contributed by atoms with Crippen LogP contribution in [0, 0.1) is 29.1 Å². The molecular weight excluding hydrogens is 447 g/mol. The molecule has 0 fully saturated rings. The van der Waals surface area contributed by atoms with Crippen LogP contribution in [0.3, 0.4) is 0 Å². The molecule has 0 spiro atoms. The average molecular weight is 472 g/mol. The molecular formula is C24H25F5O4. The fraction of sp³-hybridized carbons (Fsp3) is 0.417. The molecule has 0 aliphatic heterocycles. The van der Waals surface area contributed by atoms with Crippen molar-refractivity contribution in [3.63, 3.8) is 0 Å². The van der Waals surface area contributed by atoms with E-state index in [0.717, 1.165) is 39.0 Å². The first kappa shape index (κ1) is 26.3. The standard InChI is InChI=1S/C24H25F5O4/c1-3-4-5-6-7-10-13-32-23(30)15-11-8-9-12-16(15)24(31)33-14(2)17-18(25)20(27)22(29)21(28)19(17)26/h8-9,11-12,14H,3-7,10,13H2,1-2H3. The van der Waals surface area contributed by atoms with Crippen molar-refractivity contribution >= 4 is 11.9 Å². The summed E-state index contributed by atoms with van der Waals surface area (Å²) in [7, 11) is 0. The summed E-state index contributed by atoms with van der Waals surface area (Å²) in [6.45, 7) is 3.21. The number of esters is 2. The SMILES string of the molecule is CCCCCCCCOC(=O)c1ccccc1C(=O)OC(C)c1c(F)c(F)c(F)c(F)c1F. The molecule has 0 heterocycles. The second-order valence-corrected chi connectivity index (χ2v) is 7.48. The van der Waals surface area contributed by atoms with Crippen LogP contribution < -0.4 is 0 Å². The number of hydrogen-bond donors (Lipinski definition) is 0. The van der Waals surface area contributed by atoms with Crippen molar-refractivity contribution in [1.29, 1.82) is 0 Å². The van der Waals surface area contributed by atoms with Gasteiger partial charge >= 0.3 is 11.9 Å². The predicted molar refractivity (Wildman–Crippen MR) is 110 cm³/mol. The van der Waals surface area contributed by atoms with Gasteiger partial charge in [-0.15, -0.1) is 0 Å². The molecule has 0 bridgehead atoms. The fourth-order valence-electron chi connectivity index (χ4n) is 3.23. The van der Waals surface area contributed by atoms with Crippen LogP contribution in [0.25, 0.3) is 0 Å². The van der Waals surface area contributed by atoms with Crippen LogP contribution in [0.1, 0.15) is 84.8 Å². The molecule has 2 aromatic carbocycles. The summed E-state index contributed by atoms with van der Waals surface area (Å²) in [6.07, 6.45) is 4.08. The van der Waals surface area contributed by atoms with Gasteiger partial charge in [0.2, 0.25) is 5.82 Å². The van der Waals surface area contributed by atoms with Gasteiger partial charge in [0.05, 0.1) is 23.3 Å². The number of hydrogen-bond acceptors (Lipinski definition) is 4. The summed E-state index contributed by atoms with van der Waals surface area (Å²) < 4.78 is 78.3. The highest BCUT2D eigenvalue weighted by atomic mass is 19.2. The second-order valence-electron chi connectivity index (χ2n) is 7.48. The quantitative estimate of drug-likeness (QED) is 0.118. The Morgan fingerprint density at radius 3 is 1.82 bits per heavy atom. The maximum Gasteiger partial charge on any atom is 0.339 e. The van der Waals surface area contributed by atoms with Crippen molar-refractivity contribution < 1.29 is 41.0 Å². The van der Waals surface area contributed by atoms with E-state index in [2.05, 4.69) is 6.92 Å². The van der Waals surface area contributed by atoms with Gasteiger partial charge < -0.3 is 9.47 Å². The van der Waals surface area contributed by atoms with E-state index in [4.69, 9.17) is 9.47 Å². The molecule has 1 atom stereocenters. The van der Waals surface area contributed by atoms with Crippen molar-refractivity contribution in [2.75, 3.05) is 6.61 Å². The minimum atomic E-state index is -2.31. The van der Waals surface area contributed by atoms with E-state index in [9.17, 15) is 31.5 Å². The summed E-state index contributed by atoms with van der Waals surface area (Å²) in [6, 6.07) is 5.44. The largest absolute Gasteiger partial charge is 0.462 e. The molecule has 0 aliphatic carbocycles. The van der Waals surface area contributed by atoms with E-state index < -0.39 is 52.7 Å².